The normalized spacial score (nSPS) is 10.5. The fourth-order valence-electron chi connectivity index (χ4n) is 1.11. The molecule has 1 aromatic rings. The Labute approximate surface area is 79.0 Å². The quantitative estimate of drug-likeness (QED) is 0.750. The molecule has 0 bridgehead atoms. The van der Waals surface area contributed by atoms with E-state index in [0.29, 0.717) is 0 Å². The highest BCUT2D eigenvalue weighted by Gasteiger charge is 2.01. The molecule has 0 unspecified atom stereocenters. The van der Waals surface area contributed by atoms with Gasteiger partial charge in [-0.1, -0.05) is 0 Å². The molecule has 0 spiro atoms. The maximum absolute atomic E-state index is 4.33. The number of hydrogen-bond donors (Lipinski definition) is 1. The second kappa shape index (κ2) is 4.18. The van der Waals surface area contributed by atoms with Crippen LogP contribution in [0.15, 0.2) is 6.07 Å². The van der Waals surface area contributed by atoms with Crippen molar-refractivity contribution in [2.75, 3.05) is 26.5 Å². The Bertz CT molecular complexity index is 283. The average Bonchev–Trinajstić information content (AvgIpc) is 2.01. The van der Waals surface area contributed by atoms with Crippen LogP contribution in [0.1, 0.15) is 11.5 Å². The van der Waals surface area contributed by atoms with E-state index in [2.05, 4.69) is 15.3 Å². The first-order valence-corrected chi connectivity index (χ1v) is 4.29. The molecule has 0 amide bonds. The van der Waals surface area contributed by atoms with Gasteiger partial charge >= 0.3 is 0 Å². The lowest BCUT2D eigenvalue weighted by Gasteiger charge is -2.09. The fraction of sp³-hybridized carbons (Fsp3) is 0.556. The van der Waals surface area contributed by atoms with Gasteiger partial charge in [0.25, 0.3) is 0 Å². The molecule has 1 rings (SSSR count). The molecule has 0 radical (unpaired) electrons. The fourth-order valence-corrected chi connectivity index (χ4v) is 1.11. The molecule has 0 aliphatic rings. The number of aryl methyl sites for hydroxylation is 1. The van der Waals surface area contributed by atoms with Crippen molar-refractivity contribution in [3.8, 4) is 0 Å². The van der Waals surface area contributed by atoms with E-state index in [9.17, 15) is 0 Å². The van der Waals surface area contributed by atoms with Gasteiger partial charge < -0.3 is 10.2 Å². The summed E-state index contributed by atoms with van der Waals surface area (Å²) in [6.07, 6.45) is 0. The molecule has 4 nitrogen and oxygen atoms in total. The first kappa shape index (κ1) is 9.92. The molecule has 13 heavy (non-hydrogen) atoms. The monoisotopic (exact) mass is 180 g/mol. The highest BCUT2D eigenvalue weighted by molar-refractivity contribution is 5.34. The summed E-state index contributed by atoms with van der Waals surface area (Å²) in [5.74, 6) is 1.73. The van der Waals surface area contributed by atoms with Crippen molar-refractivity contribution >= 4 is 5.82 Å². The predicted molar refractivity (Wildman–Crippen MR) is 53.7 cm³/mol. The lowest BCUT2D eigenvalue weighted by molar-refractivity contribution is 0.390. The Morgan fingerprint density at radius 3 is 2.62 bits per heavy atom. The van der Waals surface area contributed by atoms with Gasteiger partial charge in [-0.05, 0) is 21.0 Å². The first-order valence-electron chi connectivity index (χ1n) is 4.29. The number of rotatable bonds is 3. The van der Waals surface area contributed by atoms with Crippen LogP contribution >= 0.6 is 0 Å². The van der Waals surface area contributed by atoms with Crippen molar-refractivity contribution in [1.82, 2.24) is 14.9 Å². The molecule has 0 aliphatic heterocycles. The third kappa shape index (κ3) is 2.99. The molecule has 0 aromatic carbocycles. The van der Waals surface area contributed by atoms with E-state index in [1.165, 1.54) is 0 Å². The maximum atomic E-state index is 4.33. The highest BCUT2D eigenvalue weighted by Crippen LogP contribution is 2.05. The molecule has 0 aliphatic carbocycles. The number of nitrogens with one attached hydrogen (secondary N) is 1. The van der Waals surface area contributed by atoms with E-state index in [1.54, 1.807) is 0 Å². The predicted octanol–water partition coefficient (Wildman–Crippen LogP) is 0.888. The van der Waals surface area contributed by atoms with Crippen LogP contribution in [-0.2, 0) is 6.54 Å². The number of hydrogen-bond acceptors (Lipinski definition) is 4. The van der Waals surface area contributed by atoms with Crippen molar-refractivity contribution in [2.45, 2.75) is 13.5 Å². The van der Waals surface area contributed by atoms with Crippen LogP contribution in [0.5, 0.6) is 0 Å². The summed E-state index contributed by atoms with van der Waals surface area (Å²) in [6, 6.07) is 1.93. The van der Waals surface area contributed by atoms with E-state index in [1.807, 2.05) is 39.0 Å². The second-order valence-electron chi connectivity index (χ2n) is 3.30. The molecule has 0 atom stereocenters. The lowest BCUT2D eigenvalue weighted by atomic mass is 10.4. The zero-order chi connectivity index (χ0) is 9.84. The lowest BCUT2D eigenvalue weighted by Crippen LogP contribution is -2.14. The molecule has 0 saturated heterocycles. The maximum Gasteiger partial charge on any atom is 0.144 e. The van der Waals surface area contributed by atoms with Gasteiger partial charge in [-0.2, -0.15) is 0 Å². The molecular formula is C9H16N4. The third-order valence-electron chi connectivity index (χ3n) is 1.61. The van der Waals surface area contributed by atoms with Crippen molar-refractivity contribution in [3.05, 3.63) is 17.6 Å². The van der Waals surface area contributed by atoms with Crippen molar-refractivity contribution in [3.63, 3.8) is 0 Å². The van der Waals surface area contributed by atoms with Gasteiger partial charge in [0.05, 0.1) is 6.54 Å². The largest absolute Gasteiger partial charge is 0.373 e. The Balaban J connectivity index is 2.88. The molecular weight excluding hydrogens is 164 g/mol. The van der Waals surface area contributed by atoms with E-state index in [0.717, 1.165) is 23.9 Å². The van der Waals surface area contributed by atoms with E-state index in [-0.39, 0.29) is 0 Å². The standard InChI is InChI=1S/C9H16N4/c1-7-5-8(10-2)12-9(11-7)6-13(3)4/h5H,6H2,1-4H3,(H,10,11,12). The SMILES string of the molecule is CNc1cc(C)nc(CN(C)C)n1. The van der Waals surface area contributed by atoms with E-state index in [4.69, 9.17) is 0 Å². The van der Waals surface area contributed by atoms with Crippen molar-refractivity contribution < 1.29 is 0 Å². The Hall–Kier alpha value is -1.16. The van der Waals surface area contributed by atoms with E-state index < -0.39 is 0 Å². The molecule has 0 saturated carbocycles. The molecule has 72 valence electrons. The number of aromatic nitrogens is 2. The second-order valence-corrected chi connectivity index (χ2v) is 3.30. The minimum Gasteiger partial charge on any atom is -0.373 e. The van der Waals surface area contributed by atoms with Gasteiger partial charge in [-0.3, -0.25) is 0 Å². The first-order chi connectivity index (χ1) is 6.11. The zero-order valence-corrected chi connectivity index (χ0v) is 8.63. The van der Waals surface area contributed by atoms with Crippen LogP contribution in [0.2, 0.25) is 0 Å². The van der Waals surface area contributed by atoms with Crippen molar-refractivity contribution in [1.29, 1.82) is 0 Å². The Morgan fingerprint density at radius 1 is 1.38 bits per heavy atom. The third-order valence-corrected chi connectivity index (χ3v) is 1.61. The topological polar surface area (TPSA) is 41.1 Å². The van der Waals surface area contributed by atoms with Crippen LogP contribution in [0.25, 0.3) is 0 Å². The van der Waals surface area contributed by atoms with Crippen molar-refractivity contribution in [2.24, 2.45) is 0 Å². The minimum atomic E-state index is 0.774. The number of nitrogens with zero attached hydrogens (tertiary/aromatic N) is 3. The summed E-state index contributed by atoms with van der Waals surface area (Å²) in [4.78, 5) is 10.7. The van der Waals surface area contributed by atoms with Crippen LogP contribution in [0.4, 0.5) is 5.82 Å². The highest BCUT2D eigenvalue weighted by atomic mass is 15.1. The molecule has 1 N–H and O–H groups in total. The summed E-state index contributed by atoms with van der Waals surface area (Å²) in [5.41, 5.74) is 0.996. The van der Waals surface area contributed by atoms with Gasteiger partial charge in [-0.15, -0.1) is 0 Å². The van der Waals surface area contributed by atoms with Gasteiger partial charge in [0.15, 0.2) is 0 Å². The minimum absolute atomic E-state index is 0.774. The Morgan fingerprint density at radius 2 is 2.08 bits per heavy atom. The summed E-state index contributed by atoms with van der Waals surface area (Å²) < 4.78 is 0. The smallest absolute Gasteiger partial charge is 0.144 e. The van der Waals surface area contributed by atoms with Gasteiger partial charge in [0.1, 0.15) is 11.6 Å². The van der Waals surface area contributed by atoms with Gasteiger partial charge in [0.2, 0.25) is 0 Å². The Kier molecular flexibility index (Phi) is 3.19. The van der Waals surface area contributed by atoms with Crippen LogP contribution in [0.3, 0.4) is 0 Å². The number of anilines is 1. The summed E-state index contributed by atoms with van der Waals surface area (Å²) >= 11 is 0. The average molecular weight is 180 g/mol. The molecule has 1 aromatic heterocycles. The summed E-state index contributed by atoms with van der Waals surface area (Å²) in [5, 5.41) is 3.01. The van der Waals surface area contributed by atoms with Crippen LogP contribution < -0.4 is 5.32 Å². The summed E-state index contributed by atoms with van der Waals surface area (Å²) in [6.45, 7) is 2.75. The molecule has 0 fully saturated rings. The molecule has 1 heterocycles. The van der Waals surface area contributed by atoms with Crippen LogP contribution in [0, 0.1) is 6.92 Å². The van der Waals surface area contributed by atoms with Gasteiger partial charge in [-0.25, -0.2) is 9.97 Å². The summed E-state index contributed by atoms with van der Waals surface area (Å²) in [7, 11) is 5.87. The van der Waals surface area contributed by atoms with Gasteiger partial charge in [0, 0.05) is 18.8 Å². The molecule has 4 heteroatoms. The van der Waals surface area contributed by atoms with Crippen LogP contribution in [-0.4, -0.2) is 36.0 Å². The van der Waals surface area contributed by atoms with E-state index >= 15 is 0 Å². The zero-order valence-electron chi connectivity index (χ0n) is 8.63.